The number of methoxy groups -OCH3 is 1. The standard InChI is InChI=1S/C23H27N3O4.C7H6F2/c1-3-15-5-4-6-16(9-15)11-24-12-17(27)13-26-23(29)20-14-25-21-10-18(30-2)7-8-19(21)22(20)28;1-5-2-6(8)4-7(9)3-5/h4-10,14,17,24,27H,3,11-13H2,1-2H3,(H,25,28)(H,26,29);2-4H,1H3. The van der Waals surface area contributed by atoms with Crippen molar-refractivity contribution < 1.29 is 23.4 Å². The van der Waals surface area contributed by atoms with Gasteiger partial charge in [-0.1, -0.05) is 31.2 Å². The van der Waals surface area contributed by atoms with E-state index in [2.05, 4.69) is 34.7 Å². The van der Waals surface area contributed by atoms with Crippen molar-refractivity contribution in [1.29, 1.82) is 0 Å². The van der Waals surface area contributed by atoms with Crippen LogP contribution in [0.3, 0.4) is 0 Å². The summed E-state index contributed by atoms with van der Waals surface area (Å²) in [7, 11) is 1.55. The van der Waals surface area contributed by atoms with Crippen LogP contribution in [0, 0.1) is 18.6 Å². The van der Waals surface area contributed by atoms with Gasteiger partial charge in [0.1, 0.15) is 22.9 Å². The lowest BCUT2D eigenvalue weighted by molar-refractivity contribution is 0.0914. The molecule has 206 valence electrons. The number of nitrogens with one attached hydrogen (secondary N) is 3. The van der Waals surface area contributed by atoms with Gasteiger partial charge in [0.25, 0.3) is 5.91 Å². The van der Waals surface area contributed by atoms with Gasteiger partial charge in [0.15, 0.2) is 0 Å². The van der Waals surface area contributed by atoms with Crippen LogP contribution in [0.1, 0.15) is 34.0 Å². The molecular formula is C30H33F2N3O4. The van der Waals surface area contributed by atoms with Crippen molar-refractivity contribution in [3.63, 3.8) is 0 Å². The SMILES string of the molecule is CCc1cccc(CNCC(O)CNC(=O)c2c[nH]c3cc(OC)ccc3c2=O)c1.Cc1cc(F)cc(F)c1. The van der Waals surface area contributed by atoms with E-state index in [1.54, 1.807) is 32.2 Å². The van der Waals surface area contributed by atoms with Crippen LogP contribution in [0.15, 0.2) is 71.7 Å². The van der Waals surface area contributed by atoms with Crippen LogP contribution in [0.4, 0.5) is 8.78 Å². The highest BCUT2D eigenvalue weighted by atomic mass is 19.1. The fourth-order valence-electron chi connectivity index (χ4n) is 3.91. The lowest BCUT2D eigenvalue weighted by atomic mass is 10.1. The molecule has 1 atom stereocenters. The Bertz CT molecular complexity index is 1420. The van der Waals surface area contributed by atoms with Crippen LogP contribution in [-0.2, 0) is 13.0 Å². The van der Waals surface area contributed by atoms with E-state index in [1.807, 2.05) is 12.1 Å². The van der Waals surface area contributed by atoms with E-state index < -0.39 is 23.6 Å². The molecule has 1 amide bonds. The highest BCUT2D eigenvalue weighted by molar-refractivity contribution is 5.97. The quantitative estimate of drug-likeness (QED) is 0.256. The smallest absolute Gasteiger partial charge is 0.256 e. The fourth-order valence-corrected chi connectivity index (χ4v) is 3.91. The molecule has 0 aliphatic carbocycles. The first-order chi connectivity index (χ1) is 18.7. The lowest BCUT2D eigenvalue weighted by Gasteiger charge is -2.13. The van der Waals surface area contributed by atoms with Gasteiger partial charge < -0.3 is 25.5 Å². The van der Waals surface area contributed by atoms with E-state index in [0.717, 1.165) is 18.1 Å². The van der Waals surface area contributed by atoms with Crippen molar-refractivity contribution in [2.24, 2.45) is 0 Å². The molecule has 0 radical (unpaired) electrons. The molecule has 4 rings (SSSR count). The van der Waals surface area contributed by atoms with Gasteiger partial charge in [-0.25, -0.2) is 8.78 Å². The minimum absolute atomic E-state index is 0.00390. The van der Waals surface area contributed by atoms with Gasteiger partial charge in [0, 0.05) is 43.4 Å². The summed E-state index contributed by atoms with van der Waals surface area (Å²) in [5.74, 6) is -0.948. The zero-order valence-corrected chi connectivity index (χ0v) is 22.2. The number of H-pyrrole nitrogens is 1. The van der Waals surface area contributed by atoms with Crippen LogP contribution in [-0.4, -0.2) is 42.3 Å². The number of fused-ring (bicyclic) bond motifs is 1. The minimum Gasteiger partial charge on any atom is -0.497 e. The molecule has 4 aromatic rings. The number of aliphatic hydroxyl groups is 1. The van der Waals surface area contributed by atoms with Crippen molar-refractivity contribution >= 4 is 16.8 Å². The number of hydrogen-bond donors (Lipinski definition) is 4. The Hall–Kier alpha value is -4.08. The second-order valence-corrected chi connectivity index (χ2v) is 9.06. The second kappa shape index (κ2) is 14.2. The first kappa shape index (κ1) is 29.5. The van der Waals surface area contributed by atoms with Crippen molar-refractivity contribution in [1.82, 2.24) is 15.6 Å². The summed E-state index contributed by atoms with van der Waals surface area (Å²) in [6, 6.07) is 16.7. The lowest BCUT2D eigenvalue weighted by Crippen LogP contribution is -2.39. The van der Waals surface area contributed by atoms with Crippen LogP contribution in [0.2, 0.25) is 0 Å². The number of amides is 1. The van der Waals surface area contributed by atoms with Crippen molar-refractivity contribution in [3.8, 4) is 5.75 Å². The van der Waals surface area contributed by atoms with Gasteiger partial charge >= 0.3 is 0 Å². The normalized spacial score (nSPS) is 11.4. The van der Waals surface area contributed by atoms with Crippen molar-refractivity contribution in [3.05, 3.63) is 111 Å². The maximum Gasteiger partial charge on any atom is 0.256 e. The number of hydrogen-bond acceptors (Lipinski definition) is 5. The van der Waals surface area contributed by atoms with Gasteiger partial charge in [-0.15, -0.1) is 0 Å². The van der Waals surface area contributed by atoms with Crippen LogP contribution in [0.5, 0.6) is 5.75 Å². The number of benzene rings is 3. The third-order valence-electron chi connectivity index (χ3n) is 5.95. The number of aromatic amines is 1. The molecule has 0 fully saturated rings. The Morgan fingerprint density at radius 2 is 1.74 bits per heavy atom. The van der Waals surface area contributed by atoms with Gasteiger partial charge in [-0.05, 0) is 54.3 Å². The molecule has 0 bridgehead atoms. The number of rotatable bonds is 9. The minimum atomic E-state index is -0.771. The highest BCUT2D eigenvalue weighted by Gasteiger charge is 2.14. The number of carbonyl (C=O) groups excluding carboxylic acids is 1. The molecule has 39 heavy (non-hydrogen) atoms. The molecule has 1 unspecified atom stereocenters. The maximum atomic E-state index is 12.6. The summed E-state index contributed by atoms with van der Waals surface area (Å²) in [4.78, 5) is 28.0. The van der Waals surface area contributed by atoms with Gasteiger partial charge in [0.2, 0.25) is 5.43 Å². The topological polar surface area (TPSA) is 103 Å². The molecule has 1 heterocycles. The molecule has 3 aromatic carbocycles. The Balaban J connectivity index is 0.000000395. The number of pyridine rings is 1. The van der Waals surface area contributed by atoms with E-state index in [1.165, 1.54) is 23.9 Å². The first-order valence-electron chi connectivity index (χ1n) is 12.6. The molecule has 0 aliphatic rings. The van der Waals surface area contributed by atoms with Crippen LogP contribution in [0.25, 0.3) is 10.9 Å². The van der Waals surface area contributed by atoms with E-state index in [-0.39, 0.29) is 17.5 Å². The predicted octanol–water partition coefficient (Wildman–Crippen LogP) is 4.25. The molecule has 0 saturated carbocycles. The van der Waals surface area contributed by atoms with Crippen molar-refractivity contribution in [2.75, 3.05) is 20.2 Å². The summed E-state index contributed by atoms with van der Waals surface area (Å²) in [6.45, 7) is 4.75. The third-order valence-corrected chi connectivity index (χ3v) is 5.95. The monoisotopic (exact) mass is 537 g/mol. The Morgan fingerprint density at radius 3 is 2.41 bits per heavy atom. The summed E-state index contributed by atoms with van der Waals surface area (Å²) in [5, 5.41) is 16.3. The molecule has 0 spiro atoms. The largest absolute Gasteiger partial charge is 0.497 e. The maximum absolute atomic E-state index is 12.6. The first-order valence-corrected chi connectivity index (χ1v) is 12.6. The number of ether oxygens (including phenoxy) is 1. The van der Waals surface area contributed by atoms with E-state index in [9.17, 15) is 23.5 Å². The van der Waals surface area contributed by atoms with Crippen molar-refractivity contribution in [2.45, 2.75) is 32.9 Å². The molecule has 7 nitrogen and oxygen atoms in total. The fraction of sp³-hybridized carbons (Fsp3) is 0.267. The van der Waals surface area contributed by atoms with E-state index in [0.29, 0.717) is 35.3 Å². The van der Waals surface area contributed by atoms with Crippen LogP contribution < -0.4 is 20.8 Å². The van der Waals surface area contributed by atoms with Gasteiger partial charge in [-0.2, -0.15) is 0 Å². The van der Waals surface area contributed by atoms with Gasteiger partial charge in [0.05, 0.1) is 18.7 Å². The molecule has 0 aliphatic heterocycles. The Morgan fingerprint density at radius 1 is 1.03 bits per heavy atom. The summed E-state index contributed by atoms with van der Waals surface area (Å²) in [5.41, 5.74) is 3.24. The molecular weight excluding hydrogens is 504 g/mol. The summed E-state index contributed by atoms with van der Waals surface area (Å²) < 4.78 is 29.5. The predicted molar refractivity (Wildman–Crippen MR) is 148 cm³/mol. The molecule has 9 heteroatoms. The summed E-state index contributed by atoms with van der Waals surface area (Å²) >= 11 is 0. The zero-order chi connectivity index (χ0) is 28.4. The summed E-state index contributed by atoms with van der Waals surface area (Å²) in [6.07, 6.45) is 1.58. The van der Waals surface area contributed by atoms with Crippen LogP contribution >= 0.6 is 0 Å². The molecule has 1 aromatic heterocycles. The highest BCUT2D eigenvalue weighted by Crippen LogP contribution is 2.16. The van der Waals surface area contributed by atoms with Gasteiger partial charge in [-0.3, -0.25) is 9.59 Å². The second-order valence-electron chi connectivity index (χ2n) is 9.06. The number of aryl methyl sites for hydroxylation is 2. The van der Waals surface area contributed by atoms with E-state index in [4.69, 9.17) is 4.74 Å². The Kier molecular flexibility index (Phi) is 10.7. The molecule has 0 saturated heterocycles. The third kappa shape index (κ3) is 8.73. The number of aromatic nitrogens is 1. The van der Waals surface area contributed by atoms with E-state index >= 15 is 0 Å². The average Bonchev–Trinajstić information content (AvgIpc) is 2.91. The zero-order valence-electron chi connectivity index (χ0n) is 22.2. The molecule has 4 N–H and O–H groups in total. The Labute approximate surface area is 225 Å². The number of halogens is 2. The average molecular weight is 538 g/mol. The number of carbonyl (C=O) groups is 1. The number of aliphatic hydroxyl groups excluding tert-OH is 1.